The molecule has 0 aliphatic heterocycles. The zero-order chi connectivity index (χ0) is 14.3. The van der Waals surface area contributed by atoms with Crippen LogP contribution < -0.4 is 14.8 Å². The Balaban J connectivity index is 2.56. The highest BCUT2D eigenvalue weighted by Crippen LogP contribution is 2.36. The fourth-order valence-electron chi connectivity index (χ4n) is 1.65. The molecule has 0 radical (unpaired) electrons. The van der Waals surface area contributed by atoms with Crippen LogP contribution >= 0.6 is 0 Å². The van der Waals surface area contributed by atoms with Crippen molar-refractivity contribution in [2.75, 3.05) is 20.8 Å². The third kappa shape index (κ3) is 4.67. The van der Waals surface area contributed by atoms with E-state index in [0.29, 0.717) is 31.0 Å². The highest BCUT2D eigenvalue weighted by atomic mass is 16.5. The molecule has 0 saturated carbocycles. The average molecular weight is 269 g/mol. The average Bonchev–Trinajstić information content (AvgIpc) is 2.39. The molecule has 106 valence electrons. The van der Waals surface area contributed by atoms with Crippen molar-refractivity contribution >= 4 is 5.97 Å². The molecule has 3 N–H and O–H groups in total. The van der Waals surface area contributed by atoms with E-state index < -0.39 is 5.97 Å². The van der Waals surface area contributed by atoms with Gasteiger partial charge in [0.25, 0.3) is 0 Å². The highest BCUT2D eigenvalue weighted by Gasteiger charge is 2.10. The molecule has 1 aromatic carbocycles. The van der Waals surface area contributed by atoms with E-state index in [0.717, 1.165) is 5.56 Å². The van der Waals surface area contributed by atoms with Crippen LogP contribution in [0.5, 0.6) is 17.2 Å². The zero-order valence-electron chi connectivity index (χ0n) is 11.1. The van der Waals surface area contributed by atoms with Crippen molar-refractivity contribution in [3.05, 3.63) is 17.7 Å². The van der Waals surface area contributed by atoms with Gasteiger partial charge in [0.1, 0.15) is 0 Å². The Bertz CT molecular complexity index is 408. The standard InChI is InChI=1S/C13H19NO5/c1-18-10-6-9(7-11(19-2)13(10)17)8-14-5-3-4-12(15)16/h6-7,14,17H,3-5,8H2,1-2H3,(H,15,16). The third-order valence-electron chi connectivity index (χ3n) is 2.61. The van der Waals surface area contributed by atoms with E-state index in [2.05, 4.69) is 5.32 Å². The van der Waals surface area contributed by atoms with E-state index in [1.54, 1.807) is 12.1 Å². The van der Waals surface area contributed by atoms with Crippen molar-refractivity contribution in [2.24, 2.45) is 0 Å². The van der Waals surface area contributed by atoms with Crippen molar-refractivity contribution in [3.63, 3.8) is 0 Å². The Morgan fingerprint density at radius 2 is 1.84 bits per heavy atom. The first-order chi connectivity index (χ1) is 9.08. The van der Waals surface area contributed by atoms with Crippen molar-refractivity contribution in [2.45, 2.75) is 19.4 Å². The van der Waals surface area contributed by atoms with Crippen LogP contribution in [0.3, 0.4) is 0 Å². The molecule has 0 bridgehead atoms. The summed E-state index contributed by atoms with van der Waals surface area (Å²) in [6.07, 6.45) is 0.719. The Morgan fingerprint density at radius 3 is 2.32 bits per heavy atom. The number of carboxylic acid groups (broad SMARTS) is 1. The molecular weight excluding hydrogens is 250 g/mol. The molecule has 0 atom stereocenters. The normalized spacial score (nSPS) is 10.2. The molecule has 0 spiro atoms. The van der Waals surface area contributed by atoms with E-state index in [1.807, 2.05) is 0 Å². The van der Waals surface area contributed by atoms with Gasteiger partial charge in [0, 0.05) is 13.0 Å². The minimum atomic E-state index is -0.797. The monoisotopic (exact) mass is 269 g/mol. The second-order valence-corrected chi connectivity index (χ2v) is 4.02. The fraction of sp³-hybridized carbons (Fsp3) is 0.462. The van der Waals surface area contributed by atoms with Gasteiger partial charge in [-0.25, -0.2) is 0 Å². The molecule has 1 aromatic rings. The van der Waals surface area contributed by atoms with Crippen molar-refractivity contribution < 1.29 is 24.5 Å². The van der Waals surface area contributed by atoms with Crippen molar-refractivity contribution in [1.29, 1.82) is 0 Å². The lowest BCUT2D eigenvalue weighted by Gasteiger charge is -2.11. The van der Waals surface area contributed by atoms with E-state index in [9.17, 15) is 9.90 Å². The summed E-state index contributed by atoms with van der Waals surface area (Å²) in [5.41, 5.74) is 0.891. The number of ether oxygens (including phenoxy) is 2. The molecule has 0 saturated heterocycles. The second kappa shape index (κ2) is 7.48. The van der Waals surface area contributed by atoms with Gasteiger partial charge in [-0.2, -0.15) is 0 Å². The molecule has 19 heavy (non-hydrogen) atoms. The highest BCUT2D eigenvalue weighted by molar-refractivity contribution is 5.66. The summed E-state index contributed by atoms with van der Waals surface area (Å²) in [6.45, 7) is 1.16. The molecular formula is C13H19NO5. The smallest absolute Gasteiger partial charge is 0.303 e. The zero-order valence-corrected chi connectivity index (χ0v) is 11.1. The minimum Gasteiger partial charge on any atom is -0.502 e. The van der Waals surface area contributed by atoms with Crippen LogP contribution in [0, 0.1) is 0 Å². The van der Waals surface area contributed by atoms with E-state index in [-0.39, 0.29) is 12.2 Å². The number of hydrogen-bond donors (Lipinski definition) is 3. The first kappa shape index (κ1) is 15.1. The number of rotatable bonds is 8. The van der Waals surface area contributed by atoms with Gasteiger partial charge in [-0.3, -0.25) is 4.79 Å². The summed E-state index contributed by atoms with van der Waals surface area (Å²) < 4.78 is 10.1. The molecule has 0 fully saturated rings. The van der Waals surface area contributed by atoms with Gasteiger partial charge in [0.15, 0.2) is 11.5 Å². The fourth-order valence-corrected chi connectivity index (χ4v) is 1.65. The number of carbonyl (C=O) groups is 1. The molecule has 0 aliphatic rings. The van der Waals surface area contributed by atoms with Crippen LogP contribution in [-0.4, -0.2) is 36.9 Å². The second-order valence-electron chi connectivity index (χ2n) is 4.02. The number of phenols is 1. The predicted octanol–water partition coefficient (Wildman–Crippen LogP) is 1.36. The number of benzene rings is 1. The van der Waals surface area contributed by atoms with Crippen LogP contribution in [0.25, 0.3) is 0 Å². The number of nitrogens with one attached hydrogen (secondary N) is 1. The molecule has 6 nitrogen and oxygen atoms in total. The van der Waals surface area contributed by atoms with Crippen LogP contribution in [0.4, 0.5) is 0 Å². The third-order valence-corrected chi connectivity index (χ3v) is 2.61. The van der Waals surface area contributed by atoms with E-state index in [4.69, 9.17) is 14.6 Å². The van der Waals surface area contributed by atoms with Gasteiger partial charge < -0.3 is 25.0 Å². The number of hydrogen-bond acceptors (Lipinski definition) is 5. The Morgan fingerprint density at radius 1 is 1.26 bits per heavy atom. The number of phenolic OH excluding ortho intramolecular Hbond substituents is 1. The van der Waals surface area contributed by atoms with Crippen LogP contribution in [0.1, 0.15) is 18.4 Å². The van der Waals surface area contributed by atoms with Crippen LogP contribution in [0.2, 0.25) is 0 Å². The Labute approximate surface area is 112 Å². The maximum atomic E-state index is 10.3. The number of methoxy groups -OCH3 is 2. The first-order valence-corrected chi connectivity index (χ1v) is 5.94. The van der Waals surface area contributed by atoms with Crippen molar-refractivity contribution in [3.8, 4) is 17.2 Å². The minimum absolute atomic E-state index is 0.0281. The van der Waals surface area contributed by atoms with Crippen molar-refractivity contribution in [1.82, 2.24) is 5.32 Å². The molecule has 6 heteroatoms. The lowest BCUT2D eigenvalue weighted by atomic mass is 10.1. The summed E-state index contributed by atoms with van der Waals surface area (Å²) in [6, 6.07) is 3.42. The quantitative estimate of drug-likeness (QED) is 0.618. The van der Waals surface area contributed by atoms with Crippen LogP contribution in [-0.2, 0) is 11.3 Å². The Hall–Kier alpha value is -1.95. The van der Waals surface area contributed by atoms with Gasteiger partial charge in [-0.05, 0) is 30.7 Å². The SMILES string of the molecule is COc1cc(CNCCCC(=O)O)cc(OC)c1O. The molecule has 0 unspecified atom stereocenters. The molecule has 0 aliphatic carbocycles. The maximum absolute atomic E-state index is 10.3. The summed E-state index contributed by atoms with van der Waals surface area (Å²) >= 11 is 0. The molecule has 0 amide bonds. The number of carboxylic acids is 1. The summed E-state index contributed by atoms with van der Waals surface area (Å²) in [5, 5.41) is 21.4. The van der Waals surface area contributed by atoms with E-state index >= 15 is 0 Å². The lowest BCUT2D eigenvalue weighted by molar-refractivity contribution is -0.137. The van der Waals surface area contributed by atoms with Gasteiger partial charge in [0.05, 0.1) is 14.2 Å². The molecule has 0 aromatic heterocycles. The largest absolute Gasteiger partial charge is 0.502 e. The van der Waals surface area contributed by atoms with Gasteiger partial charge >= 0.3 is 5.97 Å². The predicted molar refractivity (Wildman–Crippen MR) is 69.8 cm³/mol. The first-order valence-electron chi connectivity index (χ1n) is 5.94. The summed E-state index contributed by atoms with van der Waals surface area (Å²) in [5.74, 6) is -0.127. The number of aliphatic carboxylic acids is 1. The number of aromatic hydroxyl groups is 1. The van der Waals surface area contributed by atoms with E-state index in [1.165, 1.54) is 14.2 Å². The molecule has 1 rings (SSSR count). The topological polar surface area (TPSA) is 88.0 Å². The summed E-state index contributed by atoms with van der Waals surface area (Å²) in [4.78, 5) is 10.3. The van der Waals surface area contributed by atoms with Gasteiger partial charge in [-0.1, -0.05) is 0 Å². The Kier molecular flexibility index (Phi) is 5.95. The van der Waals surface area contributed by atoms with Crippen LogP contribution in [0.15, 0.2) is 12.1 Å². The lowest BCUT2D eigenvalue weighted by Crippen LogP contribution is -2.15. The van der Waals surface area contributed by atoms with Gasteiger partial charge in [0.2, 0.25) is 5.75 Å². The van der Waals surface area contributed by atoms with Gasteiger partial charge in [-0.15, -0.1) is 0 Å². The maximum Gasteiger partial charge on any atom is 0.303 e. The molecule has 0 heterocycles. The summed E-state index contributed by atoms with van der Waals surface area (Å²) in [7, 11) is 2.94.